The molecular weight excluding hydrogens is 483 g/mol. The number of methoxy groups -OCH3 is 1. The third kappa shape index (κ3) is 5.68. The van der Waals surface area contributed by atoms with E-state index in [4.69, 9.17) is 21.1 Å². The molecule has 1 aliphatic carbocycles. The Kier molecular flexibility index (Phi) is 7.39. The molecule has 3 aromatic rings. The summed E-state index contributed by atoms with van der Waals surface area (Å²) in [4.78, 5) is 8.66. The van der Waals surface area contributed by atoms with Crippen molar-refractivity contribution in [3.05, 3.63) is 47.5 Å². The van der Waals surface area contributed by atoms with Crippen LogP contribution < -0.4 is 19.5 Å². The van der Waals surface area contributed by atoms with Gasteiger partial charge in [0.2, 0.25) is 10.0 Å². The van der Waals surface area contributed by atoms with E-state index in [1.54, 1.807) is 26.2 Å². The van der Waals surface area contributed by atoms with Gasteiger partial charge in [0, 0.05) is 23.2 Å². The van der Waals surface area contributed by atoms with Crippen molar-refractivity contribution < 1.29 is 22.3 Å². The monoisotopic (exact) mass is 508 g/mol. The molecule has 0 spiro atoms. The Morgan fingerprint density at radius 1 is 1.12 bits per heavy atom. The number of ether oxygens (including phenoxy) is 2. The Morgan fingerprint density at radius 3 is 2.56 bits per heavy atom. The van der Waals surface area contributed by atoms with Crippen molar-refractivity contribution in [2.24, 2.45) is 0 Å². The van der Waals surface area contributed by atoms with Gasteiger partial charge in [-0.15, -0.1) is 0 Å². The number of fused-ring (bicyclic) bond motifs is 1. The van der Waals surface area contributed by atoms with E-state index in [-0.39, 0.29) is 22.9 Å². The van der Waals surface area contributed by atoms with Crippen LogP contribution in [0.2, 0.25) is 5.02 Å². The summed E-state index contributed by atoms with van der Waals surface area (Å²) in [6.45, 7) is 1.63. The first kappa shape index (κ1) is 24.4. The lowest BCUT2D eigenvalue weighted by atomic mass is 9.93. The molecular formula is C23H26ClFN4O4S. The Balaban J connectivity index is 1.54. The largest absolute Gasteiger partial charge is 0.493 e. The van der Waals surface area contributed by atoms with Gasteiger partial charge in [0.05, 0.1) is 29.5 Å². The predicted octanol–water partition coefficient (Wildman–Crippen LogP) is 4.80. The van der Waals surface area contributed by atoms with Crippen molar-refractivity contribution in [1.82, 2.24) is 14.7 Å². The average molecular weight is 509 g/mol. The van der Waals surface area contributed by atoms with Crippen molar-refractivity contribution >= 4 is 44.0 Å². The van der Waals surface area contributed by atoms with Gasteiger partial charge in [-0.3, -0.25) is 0 Å². The number of anilines is 2. The van der Waals surface area contributed by atoms with Gasteiger partial charge >= 0.3 is 0 Å². The van der Waals surface area contributed by atoms with Crippen LogP contribution >= 0.6 is 11.6 Å². The third-order valence-electron chi connectivity index (χ3n) is 5.80. The topological polar surface area (TPSA) is 102 Å². The minimum absolute atomic E-state index is 0.00545. The molecule has 0 amide bonds. The lowest BCUT2D eigenvalue weighted by Gasteiger charge is -2.29. The molecule has 1 heterocycles. The average Bonchev–Trinajstić information content (AvgIpc) is 2.82. The molecule has 0 atom stereocenters. The quantitative estimate of drug-likeness (QED) is 0.450. The van der Waals surface area contributed by atoms with Crippen LogP contribution in [0.25, 0.3) is 10.9 Å². The molecule has 0 radical (unpaired) electrons. The Bertz CT molecular complexity index is 1280. The molecule has 0 unspecified atom stereocenters. The second kappa shape index (κ2) is 10.3. The van der Waals surface area contributed by atoms with E-state index in [1.807, 2.05) is 6.07 Å². The van der Waals surface area contributed by atoms with Crippen LogP contribution in [-0.4, -0.2) is 43.4 Å². The van der Waals surface area contributed by atoms with Crippen molar-refractivity contribution in [3.8, 4) is 11.5 Å². The van der Waals surface area contributed by atoms with Gasteiger partial charge in [0.25, 0.3) is 0 Å². The predicted molar refractivity (Wildman–Crippen MR) is 130 cm³/mol. The number of halogens is 2. The summed E-state index contributed by atoms with van der Waals surface area (Å²) < 4.78 is 51.8. The number of benzene rings is 2. The first-order chi connectivity index (χ1) is 16.3. The lowest BCUT2D eigenvalue weighted by molar-refractivity contribution is 0.140. The molecule has 8 nitrogen and oxygen atoms in total. The molecule has 0 bridgehead atoms. The van der Waals surface area contributed by atoms with Crippen LogP contribution in [-0.2, 0) is 10.0 Å². The number of sulfonamides is 1. The van der Waals surface area contributed by atoms with E-state index in [0.29, 0.717) is 59.6 Å². The van der Waals surface area contributed by atoms with Crippen molar-refractivity contribution in [2.75, 3.05) is 18.2 Å². The second-order valence-electron chi connectivity index (χ2n) is 8.11. The van der Waals surface area contributed by atoms with Crippen LogP contribution in [0.4, 0.5) is 15.9 Å². The highest BCUT2D eigenvalue weighted by molar-refractivity contribution is 7.89. The number of nitrogens with zero attached hydrogens (tertiary/aromatic N) is 2. The summed E-state index contributed by atoms with van der Waals surface area (Å²) >= 11 is 5.90. The van der Waals surface area contributed by atoms with Gasteiger partial charge in [-0.25, -0.2) is 27.5 Å². The van der Waals surface area contributed by atoms with Gasteiger partial charge in [-0.1, -0.05) is 11.6 Å². The van der Waals surface area contributed by atoms with Gasteiger partial charge in [-0.2, -0.15) is 0 Å². The Labute approximate surface area is 202 Å². The second-order valence-corrected chi connectivity index (χ2v) is 10.6. The lowest BCUT2D eigenvalue weighted by Crippen LogP contribution is -2.40. The molecule has 34 heavy (non-hydrogen) atoms. The standard InChI is InChI=1S/C23H26ClFN4O4S/c1-3-34(30,31)29-14-4-7-16(8-5-14)33-22-11-17-20(12-21(22)32-2)26-13-27-23(17)28-15-6-9-19(25)18(24)10-15/h6,9-14,16,29H,3-5,7-8H2,1-2H3,(H,26,27,28). The van der Waals surface area contributed by atoms with Gasteiger partial charge in [0.15, 0.2) is 11.5 Å². The summed E-state index contributed by atoms with van der Waals surface area (Å²) in [6, 6.07) is 7.85. The SMILES string of the molecule is CCS(=O)(=O)NC1CCC(Oc2cc3c(Nc4ccc(F)c(Cl)c4)ncnc3cc2OC)CC1. The normalized spacial score (nSPS) is 18.6. The summed E-state index contributed by atoms with van der Waals surface area (Å²) in [6.07, 6.45) is 4.16. The fourth-order valence-corrected chi connectivity index (χ4v) is 5.03. The van der Waals surface area contributed by atoms with Crippen molar-refractivity contribution in [3.63, 3.8) is 0 Å². The fourth-order valence-electron chi connectivity index (χ4n) is 3.94. The highest BCUT2D eigenvalue weighted by Crippen LogP contribution is 2.37. The molecule has 2 aromatic carbocycles. The minimum Gasteiger partial charge on any atom is -0.493 e. The molecule has 182 valence electrons. The van der Waals surface area contributed by atoms with E-state index in [0.717, 1.165) is 0 Å². The first-order valence-corrected chi connectivity index (χ1v) is 13.0. The maximum absolute atomic E-state index is 13.5. The van der Waals surface area contributed by atoms with Crippen LogP contribution in [0, 0.1) is 5.82 Å². The highest BCUT2D eigenvalue weighted by Gasteiger charge is 2.26. The maximum atomic E-state index is 13.5. The molecule has 0 saturated heterocycles. The zero-order valence-electron chi connectivity index (χ0n) is 18.8. The van der Waals surface area contributed by atoms with E-state index >= 15 is 0 Å². The van der Waals surface area contributed by atoms with Gasteiger partial charge in [0.1, 0.15) is 18.0 Å². The smallest absolute Gasteiger partial charge is 0.211 e. The molecule has 4 rings (SSSR count). The molecule has 11 heteroatoms. The van der Waals surface area contributed by atoms with Crippen LogP contribution in [0.15, 0.2) is 36.7 Å². The van der Waals surface area contributed by atoms with Crippen LogP contribution in [0.3, 0.4) is 0 Å². The van der Waals surface area contributed by atoms with Gasteiger partial charge < -0.3 is 14.8 Å². The zero-order valence-corrected chi connectivity index (χ0v) is 20.4. The van der Waals surface area contributed by atoms with Gasteiger partial charge in [-0.05, 0) is 56.9 Å². The molecule has 1 aromatic heterocycles. The van der Waals surface area contributed by atoms with E-state index < -0.39 is 15.8 Å². The Hall–Kier alpha value is -2.69. The van der Waals surface area contributed by atoms with Crippen molar-refractivity contribution in [1.29, 1.82) is 0 Å². The molecule has 2 N–H and O–H groups in total. The highest BCUT2D eigenvalue weighted by atomic mass is 35.5. The summed E-state index contributed by atoms with van der Waals surface area (Å²) in [5.74, 6) is 1.16. The van der Waals surface area contributed by atoms with E-state index in [9.17, 15) is 12.8 Å². The summed E-state index contributed by atoms with van der Waals surface area (Å²) in [5.41, 5.74) is 1.23. The zero-order chi connectivity index (χ0) is 24.3. The number of rotatable bonds is 8. The van der Waals surface area contributed by atoms with Crippen molar-refractivity contribution in [2.45, 2.75) is 44.8 Å². The maximum Gasteiger partial charge on any atom is 0.211 e. The minimum atomic E-state index is -3.23. The molecule has 1 saturated carbocycles. The van der Waals surface area contributed by atoms with E-state index in [2.05, 4.69) is 20.0 Å². The molecule has 1 fully saturated rings. The summed E-state index contributed by atoms with van der Waals surface area (Å²) in [7, 11) is -1.67. The number of hydrogen-bond acceptors (Lipinski definition) is 7. The first-order valence-electron chi connectivity index (χ1n) is 11.0. The third-order valence-corrected chi connectivity index (χ3v) is 7.54. The Morgan fingerprint density at radius 2 is 1.88 bits per heavy atom. The number of aromatic nitrogens is 2. The van der Waals surface area contributed by atoms with Crippen LogP contribution in [0.5, 0.6) is 11.5 Å². The van der Waals surface area contributed by atoms with Crippen LogP contribution in [0.1, 0.15) is 32.6 Å². The van der Waals surface area contributed by atoms with E-state index in [1.165, 1.54) is 18.5 Å². The molecule has 0 aliphatic heterocycles. The summed E-state index contributed by atoms with van der Waals surface area (Å²) in [5, 5.41) is 3.86. The molecule has 1 aliphatic rings. The number of nitrogens with one attached hydrogen (secondary N) is 2. The fraction of sp³-hybridized carbons (Fsp3) is 0.391. The number of hydrogen-bond donors (Lipinski definition) is 2.